The van der Waals surface area contributed by atoms with E-state index in [1.807, 2.05) is 24.4 Å². The quantitative estimate of drug-likeness (QED) is 0.933. The highest BCUT2D eigenvalue weighted by Gasteiger charge is 2.23. The maximum Gasteiger partial charge on any atom is 0.165 e. The molecule has 1 fully saturated rings. The first-order valence-electron chi connectivity index (χ1n) is 7.53. The summed E-state index contributed by atoms with van der Waals surface area (Å²) in [6.07, 6.45) is 1.81. The van der Waals surface area contributed by atoms with E-state index < -0.39 is 5.82 Å². The van der Waals surface area contributed by atoms with E-state index in [-0.39, 0.29) is 24.2 Å². The Kier molecular flexibility index (Phi) is 5.80. The van der Waals surface area contributed by atoms with E-state index in [2.05, 4.69) is 21.7 Å². The molecule has 23 heavy (non-hydrogen) atoms. The van der Waals surface area contributed by atoms with Crippen LogP contribution in [0, 0.1) is 5.82 Å². The van der Waals surface area contributed by atoms with Gasteiger partial charge in [-0.05, 0) is 36.8 Å². The number of halogens is 2. The predicted octanol–water partition coefficient (Wildman–Crippen LogP) is 3.23. The Morgan fingerprint density at radius 2 is 1.87 bits per heavy atom. The molecule has 1 aromatic carbocycles. The zero-order valence-electron chi connectivity index (χ0n) is 13.0. The number of aromatic hydroxyl groups is 1. The molecule has 6 heteroatoms. The Bertz CT molecular complexity index is 633. The van der Waals surface area contributed by atoms with Crippen molar-refractivity contribution < 1.29 is 9.50 Å². The van der Waals surface area contributed by atoms with Crippen LogP contribution in [0.2, 0.25) is 0 Å². The molecule has 1 saturated heterocycles. The molecule has 0 saturated carbocycles. The first-order chi connectivity index (χ1) is 10.6. The minimum atomic E-state index is -0.559. The van der Waals surface area contributed by atoms with E-state index in [9.17, 15) is 9.50 Å². The zero-order chi connectivity index (χ0) is 15.5. The number of piperazine rings is 1. The van der Waals surface area contributed by atoms with Crippen LogP contribution in [0.3, 0.4) is 0 Å². The van der Waals surface area contributed by atoms with Crippen molar-refractivity contribution in [1.82, 2.24) is 9.88 Å². The molecule has 0 radical (unpaired) electrons. The second-order valence-electron chi connectivity index (χ2n) is 5.60. The Hall–Kier alpha value is -1.85. The van der Waals surface area contributed by atoms with Gasteiger partial charge >= 0.3 is 0 Å². The first-order valence-corrected chi connectivity index (χ1v) is 7.53. The fraction of sp³-hybridized carbons (Fsp3) is 0.353. The van der Waals surface area contributed by atoms with Crippen molar-refractivity contribution in [3.05, 3.63) is 54.0 Å². The van der Waals surface area contributed by atoms with Gasteiger partial charge in [-0.25, -0.2) is 9.37 Å². The van der Waals surface area contributed by atoms with Crippen molar-refractivity contribution >= 4 is 18.2 Å². The molecule has 3 rings (SSSR count). The van der Waals surface area contributed by atoms with Gasteiger partial charge in [0.15, 0.2) is 11.6 Å². The molecular weight excluding hydrogens is 317 g/mol. The third kappa shape index (κ3) is 3.92. The highest BCUT2D eigenvalue weighted by Crippen LogP contribution is 2.26. The Morgan fingerprint density at radius 1 is 1.13 bits per heavy atom. The Labute approximate surface area is 142 Å². The summed E-state index contributed by atoms with van der Waals surface area (Å²) >= 11 is 0. The van der Waals surface area contributed by atoms with Crippen LogP contribution in [0.15, 0.2) is 42.6 Å². The third-order valence-electron chi connectivity index (χ3n) is 4.29. The number of hydrogen-bond donors (Lipinski definition) is 1. The molecule has 1 unspecified atom stereocenters. The van der Waals surface area contributed by atoms with E-state index in [0.717, 1.165) is 37.6 Å². The highest BCUT2D eigenvalue weighted by atomic mass is 35.5. The molecule has 0 spiro atoms. The summed E-state index contributed by atoms with van der Waals surface area (Å²) in [5, 5.41) is 9.29. The van der Waals surface area contributed by atoms with Gasteiger partial charge in [0.1, 0.15) is 5.82 Å². The van der Waals surface area contributed by atoms with E-state index in [0.29, 0.717) is 0 Å². The second kappa shape index (κ2) is 7.62. The van der Waals surface area contributed by atoms with Crippen LogP contribution in [0.25, 0.3) is 0 Å². The molecule has 4 nitrogen and oxygen atoms in total. The van der Waals surface area contributed by atoms with Crippen LogP contribution >= 0.6 is 12.4 Å². The summed E-state index contributed by atoms with van der Waals surface area (Å²) in [5.74, 6) is 0.151. The van der Waals surface area contributed by atoms with Crippen LogP contribution in [0.4, 0.5) is 10.2 Å². The number of phenolic OH excluding ortho intramolecular Hbond substituents is 1. The molecule has 1 aliphatic rings. The fourth-order valence-corrected chi connectivity index (χ4v) is 2.87. The van der Waals surface area contributed by atoms with Crippen molar-refractivity contribution in [2.45, 2.75) is 13.0 Å². The third-order valence-corrected chi connectivity index (χ3v) is 4.29. The van der Waals surface area contributed by atoms with Gasteiger partial charge in [0.05, 0.1) is 0 Å². The Morgan fingerprint density at radius 3 is 2.48 bits per heavy atom. The van der Waals surface area contributed by atoms with E-state index in [4.69, 9.17) is 0 Å². The van der Waals surface area contributed by atoms with Gasteiger partial charge in [-0.3, -0.25) is 4.90 Å². The Balaban J connectivity index is 0.00000192. The number of hydrogen-bond acceptors (Lipinski definition) is 4. The number of phenols is 1. The molecule has 0 amide bonds. The standard InChI is InChI=1S/C17H20FN3O.ClH/c1-13(14-5-6-16(22)15(18)12-14)20-8-10-21(11-9-20)17-4-2-3-7-19-17;/h2-7,12-13,22H,8-11H2,1H3;1H. The molecule has 0 aliphatic carbocycles. The number of anilines is 1. The lowest BCUT2D eigenvalue weighted by Crippen LogP contribution is -2.47. The monoisotopic (exact) mass is 337 g/mol. The largest absolute Gasteiger partial charge is 0.505 e. The lowest BCUT2D eigenvalue weighted by Gasteiger charge is -2.38. The predicted molar refractivity (Wildman–Crippen MR) is 91.8 cm³/mol. The smallest absolute Gasteiger partial charge is 0.165 e. The van der Waals surface area contributed by atoms with Crippen molar-refractivity contribution in [3.63, 3.8) is 0 Å². The maximum atomic E-state index is 13.5. The van der Waals surface area contributed by atoms with Crippen LogP contribution in [-0.2, 0) is 0 Å². The SMILES string of the molecule is CC(c1ccc(O)c(F)c1)N1CCN(c2ccccn2)CC1.Cl. The number of nitrogens with zero attached hydrogens (tertiary/aromatic N) is 3. The lowest BCUT2D eigenvalue weighted by atomic mass is 10.1. The highest BCUT2D eigenvalue weighted by molar-refractivity contribution is 5.85. The maximum absolute atomic E-state index is 13.5. The molecule has 124 valence electrons. The molecule has 2 aromatic rings. The zero-order valence-corrected chi connectivity index (χ0v) is 13.8. The molecule has 1 aliphatic heterocycles. The van der Waals surface area contributed by atoms with Crippen molar-refractivity contribution in [2.24, 2.45) is 0 Å². The average Bonchev–Trinajstić information content (AvgIpc) is 2.58. The summed E-state index contributed by atoms with van der Waals surface area (Å²) in [6, 6.07) is 10.7. The van der Waals surface area contributed by atoms with Gasteiger partial charge in [0, 0.05) is 38.4 Å². The summed E-state index contributed by atoms with van der Waals surface area (Å²) in [5.41, 5.74) is 0.890. The number of benzene rings is 1. The van der Waals surface area contributed by atoms with Gasteiger partial charge in [0.25, 0.3) is 0 Å². The number of rotatable bonds is 3. The topological polar surface area (TPSA) is 39.6 Å². The van der Waals surface area contributed by atoms with Crippen LogP contribution in [0.5, 0.6) is 5.75 Å². The van der Waals surface area contributed by atoms with Crippen LogP contribution in [-0.4, -0.2) is 41.2 Å². The van der Waals surface area contributed by atoms with E-state index >= 15 is 0 Å². The minimum Gasteiger partial charge on any atom is -0.505 e. The fourth-order valence-electron chi connectivity index (χ4n) is 2.87. The van der Waals surface area contributed by atoms with Crippen molar-refractivity contribution in [3.8, 4) is 5.75 Å². The molecule has 1 atom stereocenters. The van der Waals surface area contributed by atoms with Gasteiger partial charge in [0.2, 0.25) is 0 Å². The van der Waals surface area contributed by atoms with E-state index in [1.165, 1.54) is 12.1 Å². The van der Waals surface area contributed by atoms with Crippen molar-refractivity contribution in [1.29, 1.82) is 0 Å². The summed E-state index contributed by atoms with van der Waals surface area (Å²) in [6.45, 7) is 5.69. The van der Waals surface area contributed by atoms with Gasteiger partial charge in [-0.15, -0.1) is 12.4 Å². The molecule has 1 N–H and O–H groups in total. The van der Waals surface area contributed by atoms with E-state index in [1.54, 1.807) is 6.07 Å². The van der Waals surface area contributed by atoms with Crippen molar-refractivity contribution in [2.75, 3.05) is 31.1 Å². The normalized spacial score (nSPS) is 16.7. The summed E-state index contributed by atoms with van der Waals surface area (Å²) in [4.78, 5) is 8.97. The minimum absolute atomic E-state index is 0. The summed E-state index contributed by atoms with van der Waals surface area (Å²) in [7, 11) is 0. The first kappa shape index (κ1) is 17.5. The lowest BCUT2D eigenvalue weighted by molar-refractivity contribution is 0.198. The molecule has 2 heterocycles. The molecule has 0 bridgehead atoms. The molecular formula is C17H21ClFN3O. The number of pyridine rings is 1. The summed E-state index contributed by atoms with van der Waals surface area (Å²) < 4.78 is 13.5. The van der Waals surface area contributed by atoms with Crippen LogP contribution < -0.4 is 4.90 Å². The van der Waals surface area contributed by atoms with Gasteiger partial charge in [-0.2, -0.15) is 0 Å². The van der Waals surface area contributed by atoms with Gasteiger partial charge in [-0.1, -0.05) is 12.1 Å². The number of aromatic nitrogens is 1. The average molecular weight is 338 g/mol. The van der Waals surface area contributed by atoms with Crippen LogP contribution in [0.1, 0.15) is 18.5 Å². The van der Waals surface area contributed by atoms with Gasteiger partial charge < -0.3 is 10.0 Å². The second-order valence-corrected chi connectivity index (χ2v) is 5.60. The molecule has 1 aromatic heterocycles.